The molecule has 0 bridgehead atoms. The topological polar surface area (TPSA) is 46.5 Å². The van der Waals surface area contributed by atoms with Gasteiger partial charge in [0.1, 0.15) is 18.1 Å². The maximum Gasteiger partial charge on any atom is 0.174 e. The minimum Gasteiger partial charge on any atom is -0.508 e. The monoisotopic (exact) mass is 164 g/mol. The molecule has 0 radical (unpaired) electrons. The standard InChI is InChI=1S/C9H8O3/c10-7-2-1-6-3-8(11)5-12-9(6)4-7/h1-2,4,10H,3,5H2. The molecule has 1 N–H and O–H groups in total. The molecule has 1 aliphatic heterocycles. The number of benzene rings is 1. The molecular formula is C9H8O3. The van der Waals surface area contributed by atoms with Gasteiger partial charge in [0.15, 0.2) is 5.78 Å². The summed E-state index contributed by atoms with van der Waals surface area (Å²) in [5, 5.41) is 9.09. The van der Waals surface area contributed by atoms with E-state index < -0.39 is 0 Å². The van der Waals surface area contributed by atoms with Gasteiger partial charge >= 0.3 is 0 Å². The summed E-state index contributed by atoms with van der Waals surface area (Å²) in [5.74, 6) is 0.867. The lowest BCUT2D eigenvalue weighted by Crippen LogP contribution is -2.19. The number of rotatable bonds is 0. The number of aromatic hydroxyl groups is 1. The first-order chi connectivity index (χ1) is 5.75. The van der Waals surface area contributed by atoms with Crippen LogP contribution in [0.25, 0.3) is 0 Å². The number of ketones is 1. The van der Waals surface area contributed by atoms with Crippen LogP contribution < -0.4 is 4.74 Å². The molecule has 1 aromatic rings. The number of hydrogen-bond donors (Lipinski definition) is 1. The molecule has 0 aromatic heterocycles. The van der Waals surface area contributed by atoms with E-state index in [1.54, 1.807) is 12.1 Å². The molecule has 3 heteroatoms. The van der Waals surface area contributed by atoms with Crippen LogP contribution >= 0.6 is 0 Å². The van der Waals surface area contributed by atoms with E-state index in [0.29, 0.717) is 12.2 Å². The normalized spacial score (nSPS) is 15.2. The second-order valence-corrected chi connectivity index (χ2v) is 2.80. The van der Waals surface area contributed by atoms with Crippen molar-refractivity contribution < 1.29 is 14.6 Å². The highest BCUT2D eigenvalue weighted by atomic mass is 16.5. The summed E-state index contributed by atoms with van der Waals surface area (Å²) in [5.41, 5.74) is 0.851. The molecule has 0 fully saturated rings. The maximum absolute atomic E-state index is 10.9. The highest BCUT2D eigenvalue weighted by molar-refractivity contribution is 5.84. The van der Waals surface area contributed by atoms with Crippen molar-refractivity contribution in [2.24, 2.45) is 0 Å². The van der Waals surface area contributed by atoms with E-state index in [1.165, 1.54) is 6.07 Å². The van der Waals surface area contributed by atoms with E-state index in [0.717, 1.165) is 5.56 Å². The van der Waals surface area contributed by atoms with E-state index in [1.807, 2.05) is 0 Å². The minimum atomic E-state index is 0.0770. The fourth-order valence-corrected chi connectivity index (χ4v) is 1.25. The van der Waals surface area contributed by atoms with Crippen LogP contribution in [0.2, 0.25) is 0 Å². The van der Waals surface area contributed by atoms with Crippen LogP contribution in [-0.2, 0) is 11.2 Å². The molecule has 0 atom stereocenters. The van der Waals surface area contributed by atoms with Crippen LogP contribution in [0.4, 0.5) is 0 Å². The number of carbonyl (C=O) groups excluding carboxylic acids is 1. The van der Waals surface area contributed by atoms with Crippen molar-refractivity contribution >= 4 is 5.78 Å². The summed E-state index contributed by atoms with van der Waals surface area (Å²) in [4.78, 5) is 10.9. The van der Waals surface area contributed by atoms with E-state index in [9.17, 15) is 4.79 Å². The summed E-state index contributed by atoms with van der Waals surface area (Å²) < 4.78 is 5.11. The van der Waals surface area contributed by atoms with Crippen molar-refractivity contribution in [3.05, 3.63) is 23.8 Å². The number of fused-ring (bicyclic) bond motifs is 1. The van der Waals surface area contributed by atoms with Gasteiger partial charge in [-0.2, -0.15) is 0 Å². The van der Waals surface area contributed by atoms with Gasteiger partial charge in [0.2, 0.25) is 0 Å². The third kappa shape index (κ3) is 1.13. The summed E-state index contributed by atoms with van der Waals surface area (Å²) in [6.45, 7) is 0.121. The Bertz CT molecular complexity index is 331. The predicted octanol–water partition coefficient (Wildman–Crippen LogP) is 0.896. The van der Waals surface area contributed by atoms with Gasteiger partial charge in [-0.25, -0.2) is 0 Å². The lowest BCUT2D eigenvalue weighted by molar-refractivity contribution is -0.121. The average molecular weight is 164 g/mol. The molecule has 2 rings (SSSR count). The maximum atomic E-state index is 10.9. The summed E-state index contributed by atoms with van der Waals surface area (Å²) >= 11 is 0. The summed E-state index contributed by atoms with van der Waals surface area (Å²) in [6.07, 6.45) is 0.412. The number of phenols is 1. The van der Waals surface area contributed by atoms with Crippen LogP contribution in [-0.4, -0.2) is 17.5 Å². The number of hydrogen-bond acceptors (Lipinski definition) is 3. The molecule has 3 nitrogen and oxygen atoms in total. The first-order valence-corrected chi connectivity index (χ1v) is 3.72. The van der Waals surface area contributed by atoms with Crippen molar-refractivity contribution in [2.75, 3.05) is 6.61 Å². The second kappa shape index (κ2) is 2.52. The Morgan fingerprint density at radius 3 is 3.08 bits per heavy atom. The number of phenolic OH excluding ortho intramolecular Hbond substituents is 1. The average Bonchev–Trinajstić information content (AvgIpc) is 2.05. The van der Waals surface area contributed by atoms with Crippen LogP contribution in [0.3, 0.4) is 0 Å². The van der Waals surface area contributed by atoms with Gasteiger partial charge in [-0.1, -0.05) is 6.07 Å². The van der Waals surface area contributed by atoms with E-state index >= 15 is 0 Å². The zero-order valence-corrected chi connectivity index (χ0v) is 6.41. The first kappa shape index (κ1) is 7.16. The Morgan fingerprint density at radius 2 is 2.25 bits per heavy atom. The molecule has 0 spiro atoms. The molecule has 0 saturated carbocycles. The van der Waals surface area contributed by atoms with E-state index in [-0.39, 0.29) is 18.1 Å². The Balaban J connectivity index is 2.43. The second-order valence-electron chi connectivity index (χ2n) is 2.80. The Morgan fingerprint density at radius 1 is 1.42 bits per heavy atom. The fourth-order valence-electron chi connectivity index (χ4n) is 1.25. The number of carbonyl (C=O) groups is 1. The summed E-state index contributed by atoms with van der Waals surface area (Å²) in [6, 6.07) is 4.80. The van der Waals surface area contributed by atoms with Gasteiger partial charge in [0.25, 0.3) is 0 Å². The van der Waals surface area contributed by atoms with Crippen molar-refractivity contribution in [1.82, 2.24) is 0 Å². The summed E-state index contributed by atoms with van der Waals surface area (Å²) in [7, 11) is 0. The van der Waals surface area contributed by atoms with Crippen LogP contribution in [0.1, 0.15) is 5.56 Å². The highest BCUT2D eigenvalue weighted by Gasteiger charge is 2.16. The lowest BCUT2D eigenvalue weighted by atomic mass is 10.1. The van der Waals surface area contributed by atoms with Crippen molar-refractivity contribution in [3.8, 4) is 11.5 Å². The molecule has 1 heterocycles. The molecule has 62 valence electrons. The third-order valence-electron chi connectivity index (χ3n) is 1.83. The van der Waals surface area contributed by atoms with Gasteiger partial charge in [-0.3, -0.25) is 4.79 Å². The zero-order valence-electron chi connectivity index (χ0n) is 6.41. The molecular weight excluding hydrogens is 156 g/mol. The number of ether oxygens (including phenoxy) is 1. The minimum absolute atomic E-state index is 0.0770. The quantitative estimate of drug-likeness (QED) is 0.619. The Kier molecular flexibility index (Phi) is 1.50. The number of Topliss-reactive ketones (excluding diaryl/α,β-unsaturated/α-hetero) is 1. The predicted molar refractivity (Wildman–Crippen MR) is 42.3 cm³/mol. The molecule has 0 aliphatic carbocycles. The molecule has 0 saturated heterocycles. The third-order valence-corrected chi connectivity index (χ3v) is 1.83. The molecule has 1 aliphatic rings. The van der Waals surface area contributed by atoms with Crippen LogP contribution in [0, 0.1) is 0 Å². The smallest absolute Gasteiger partial charge is 0.174 e. The van der Waals surface area contributed by atoms with Gasteiger partial charge in [-0.05, 0) is 6.07 Å². The van der Waals surface area contributed by atoms with E-state index in [4.69, 9.17) is 9.84 Å². The Hall–Kier alpha value is -1.51. The van der Waals surface area contributed by atoms with Crippen molar-refractivity contribution in [2.45, 2.75) is 6.42 Å². The SMILES string of the molecule is O=C1COc2cc(O)ccc2C1. The van der Waals surface area contributed by atoms with Crippen LogP contribution in [0.5, 0.6) is 11.5 Å². The largest absolute Gasteiger partial charge is 0.508 e. The van der Waals surface area contributed by atoms with Gasteiger partial charge in [0.05, 0.1) is 0 Å². The molecule has 1 aromatic carbocycles. The first-order valence-electron chi connectivity index (χ1n) is 3.72. The molecule has 12 heavy (non-hydrogen) atoms. The van der Waals surface area contributed by atoms with Crippen molar-refractivity contribution in [3.63, 3.8) is 0 Å². The lowest BCUT2D eigenvalue weighted by Gasteiger charge is -2.15. The fraction of sp³-hybridized carbons (Fsp3) is 0.222. The molecule has 0 unspecified atom stereocenters. The van der Waals surface area contributed by atoms with Crippen LogP contribution in [0.15, 0.2) is 18.2 Å². The van der Waals surface area contributed by atoms with Crippen molar-refractivity contribution in [1.29, 1.82) is 0 Å². The van der Waals surface area contributed by atoms with Gasteiger partial charge in [0, 0.05) is 18.1 Å². The zero-order chi connectivity index (χ0) is 8.55. The highest BCUT2D eigenvalue weighted by Crippen LogP contribution is 2.27. The molecule has 0 amide bonds. The van der Waals surface area contributed by atoms with Gasteiger partial charge in [-0.15, -0.1) is 0 Å². The van der Waals surface area contributed by atoms with Gasteiger partial charge < -0.3 is 9.84 Å². The Labute approximate surface area is 69.6 Å². The van der Waals surface area contributed by atoms with E-state index in [2.05, 4.69) is 0 Å².